The topological polar surface area (TPSA) is 41.1 Å². The summed E-state index contributed by atoms with van der Waals surface area (Å²) in [6.07, 6.45) is 2.06. The van der Waals surface area contributed by atoms with Crippen molar-refractivity contribution in [3.8, 4) is 0 Å². The van der Waals surface area contributed by atoms with Gasteiger partial charge in [-0.2, -0.15) is 0 Å². The SMILES string of the molecule is CC1(C(=O)NCC2C(C)(C)C2(C)C)CCCN1. The van der Waals surface area contributed by atoms with Gasteiger partial charge in [0.05, 0.1) is 5.54 Å². The highest BCUT2D eigenvalue weighted by Crippen LogP contribution is 2.67. The summed E-state index contributed by atoms with van der Waals surface area (Å²) in [5, 5.41) is 6.44. The Balaban J connectivity index is 1.86. The van der Waals surface area contributed by atoms with E-state index < -0.39 is 0 Å². The molecule has 2 fully saturated rings. The summed E-state index contributed by atoms with van der Waals surface area (Å²) < 4.78 is 0. The van der Waals surface area contributed by atoms with Crippen LogP contribution in [-0.4, -0.2) is 24.5 Å². The third-order valence-corrected chi connectivity index (χ3v) is 5.66. The van der Waals surface area contributed by atoms with Gasteiger partial charge in [0.15, 0.2) is 0 Å². The van der Waals surface area contributed by atoms with E-state index in [1.54, 1.807) is 0 Å². The molecule has 1 aliphatic heterocycles. The van der Waals surface area contributed by atoms with Crippen molar-refractivity contribution in [2.45, 2.75) is 53.0 Å². The molecule has 0 spiro atoms. The highest BCUT2D eigenvalue weighted by atomic mass is 16.2. The van der Waals surface area contributed by atoms with Gasteiger partial charge in [-0.15, -0.1) is 0 Å². The Kier molecular flexibility index (Phi) is 2.81. The van der Waals surface area contributed by atoms with E-state index in [9.17, 15) is 4.79 Å². The lowest BCUT2D eigenvalue weighted by Gasteiger charge is -2.23. The first-order chi connectivity index (χ1) is 7.72. The Morgan fingerprint density at radius 2 is 1.82 bits per heavy atom. The molecule has 2 rings (SSSR count). The zero-order chi connectivity index (χ0) is 12.9. The number of carbonyl (C=O) groups excluding carboxylic acids is 1. The minimum atomic E-state index is -0.330. The monoisotopic (exact) mass is 238 g/mol. The van der Waals surface area contributed by atoms with Crippen LogP contribution in [0.4, 0.5) is 0 Å². The van der Waals surface area contributed by atoms with Crippen molar-refractivity contribution in [1.82, 2.24) is 10.6 Å². The van der Waals surface area contributed by atoms with Crippen LogP contribution in [0.15, 0.2) is 0 Å². The highest BCUT2D eigenvalue weighted by molar-refractivity contribution is 5.86. The Morgan fingerprint density at radius 1 is 1.24 bits per heavy atom. The molecule has 0 bridgehead atoms. The van der Waals surface area contributed by atoms with Crippen molar-refractivity contribution < 1.29 is 4.79 Å². The van der Waals surface area contributed by atoms with Gasteiger partial charge in [0.25, 0.3) is 0 Å². The number of rotatable bonds is 3. The van der Waals surface area contributed by atoms with Crippen molar-refractivity contribution >= 4 is 5.91 Å². The molecule has 1 atom stereocenters. The largest absolute Gasteiger partial charge is 0.354 e. The lowest BCUT2D eigenvalue weighted by Crippen LogP contribution is -2.51. The van der Waals surface area contributed by atoms with Crippen LogP contribution in [0.3, 0.4) is 0 Å². The Bertz CT molecular complexity index is 313. The van der Waals surface area contributed by atoms with E-state index in [2.05, 4.69) is 38.3 Å². The van der Waals surface area contributed by atoms with Crippen LogP contribution in [0.2, 0.25) is 0 Å². The maximum atomic E-state index is 12.1. The van der Waals surface area contributed by atoms with E-state index in [0.717, 1.165) is 25.9 Å². The quantitative estimate of drug-likeness (QED) is 0.789. The molecule has 0 radical (unpaired) electrons. The zero-order valence-electron chi connectivity index (χ0n) is 11.8. The van der Waals surface area contributed by atoms with Crippen molar-refractivity contribution in [2.75, 3.05) is 13.1 Å². The fourth-order valence-electron chi connectivity index (χ4n) is 3.32. The summed E-state index contributed by atoms with van der Waals surface area (Å²) in [5.41, 5.74) is 0.373. The first-order valence-electron chi connectivity index (χ1n) is 6.75. The van der Waals surface area contributed by atoms with Gasteiger partial charge in [-0.05, 0) is 43.1 Å². The molecule has 2 N–H and O–H groups in total. The van der Waals surface area contributed by atoms with Crippen molar-refractivity contribution in [2.24, 2.45) is 16.7 Å². The van der Waals surface area contributed by atoms with Crippen LogP contribution in [0.5, 0.6) is 0 Å². The van der Waals surface area contributed by atoms with Crippen LogP contribution in [0, 0.1) is 16.7 Å². The van der Waals surface area contributed by atoms with Gasteiger partial charge < -0.3 is 10.6 Å². The van der Waals surface area contributed by atoms with Crippen LogP contribution in [0.1, 0.15) is 47.5 Å². The van der Waals surface area contributed by atoms with E-state index >= 15 is 0 Å². The van der Waals surface area contributed by atoms with Gasteiger partial charge >= 0.3 is 0 Å². The molecule has 0 aromatic heterocycles. The molecule has 1 saturated heterocycles. The Morgan fingerprint density at radius 3 is 2.24 bits per heavy atom. The van der Waals surface area contributed by atoms with Gasteiger partial charge in [0.1, 0.15) is 0 Å². The average Bonchev–Trinajstić information content (AvgIpc) is 2.58. The van der Waals surface area contributed by atoms with Gasteiger partial charge in [-0.1, -0.05) is 27.7 Å². The molecule has 2 aliphatic rings. The lowest BCUT2D eigenvalue weighted by atomic mass is 9.99. The molecule has 0 aromatic rings. The molecule has 98 valence electrons. The molecule has 0 aromatic carbocycles. The van der Waals surface area contributed by atoms with E-state index in [-0.39, 0.29) is 11.4 Å². The standard InChI is InChI=1S/C14H26N2O/c1-12(2)10(13(12,3)4)9-15-11(17)14(5)7-6-8-16-14/h10,16H,6-9H2,1-5H3,(H,15,17). The molecular weight excluding hydrogens is 212 g/mol. The number of nitrogens with one attached hydrogen (secondary N) is 2. The summed E-state index contributed by atoms with van der Waals surface area (Å²) in [4.78, 5) is 12.1. The highest BCUT2D eigenvalue weighted by Gasteiger charge is 2.64. The summed E-state index contributed by atoms with van der Waals surface area (Å²) in [5.74, 6) is 0.775. The summed E-state index contributed by atoms with van der Waals surface area (Å²) in [6.45, 7) is 13.0. The van der Waals surface area contributed by atoms with Gasteiger partial charge in [-0.3, -0.25) is 4.79 Å². The maximum Gasteiger partial charge on any atom is 0.240 e. The average molecular weight is 238 g/mol. The number of amides is 1. The first-order valence-corrected chi connectivity index (χ1v) is 6.75. The number of hydrogen-bond acceptors (Lipinski definition) is 2. The van der Waals surface area contributed by atoms with Gasteiger partial charge in [-0.25, -0.2) is 0 Å². The van der Waals surface area contributed by atoms with Crippen molar-refractivity contribution in [3.63, 3.8) is 0 Å². The van der Waals surface area contributed by atoms with Crippen LogP contribution in [0.25, 0.3) is 0 Å². The first kappa shape index (κ1) is 12.9. The predicted octanol–water partition coefficient (Wildman–Crippen LogP) is 1.93. The molecule has 17 heavy (non-hydrogen) atoms. The fraction of sp³-hybridized carbons (Fsp3) is 0.929. The normalized spacial score (nSPS) is 34.6. The number of carbonyl (C=O) groups is 1. The molecular formula is C14H26N2O. The maximum absolute atomic E-state index is 12.1. The van der Waals surface area contributed by atoms with Crippen LogP contribution in [-0.2, 0) is 4.79 Å². The van der Waals surface area contributed by atoms with E-state index in [0.29, 0.717) is 16.7 Å². The minimum absolute atomic E-state index is 0.175. The molecule has 1 aliphatic carbocycles. The second-order valence-electron chi connectivity index (χ2n) is 7.07. The zero-order valence-corrected chi connectivity index (χ0v) is 11.8. The van der Waals surface area contributed by atoms with Crippen molar-refractivity contribution in [1.29, 1.82) is 0 Å². The molecule has 1 unspecified atom stereocenters. The molecule has 1 saturated carbocycles. The second-order valence-corrected chi connectivity index (χ2v) is 7.07. The second kappa shape index (κ2) is 3.71. The van der Waals surface area contributed by atoms with Crippen LogP contribution < -0.4 is 10.6 Å². The van der Waals surface area contributed by atoms with Gasteiger partial charge in [0, 0.05) is 6.54 Å². The Hall–Kier alpha value is -0.570. The van der Waals surface area contributed by atoms with E-state index in [1.807, 2.05) is 6.92 Å². The van der Waals surface area contributed by atoms with Crippen molar-refractivity contribution in [3.05, 3.63) is 0 Å². The van der Waals surface area contributed by atoms with E-state index in [4.69, 9.17) is 0 Å². The predicted molar refractivity (Wildman–Crippen MR) is 69.7 cm³/mol. The third-order valence-electron chi connectivity index (χ3n) is 5.66. The smallest absolute Gasteiger partial charge is 0.240 e. The minimum Gasteiger partial charge on any atom is -0.354 e. The van der Waals surface area contributed by atoms with E-state index in [1.165, 1.54) is 0 Å². The third kappa shape index (κ3) is 1.88. The molecule has 1 heterocycles. The summed E-state index contributed by atoms with van der Waals surface area (Å²) >= 11 is 0. The summed E-state index contributed by atoms with van der Waals surface area (Å²) in [6, 6.07) is 0. The Labute approximate surface area is 105 Å². The molecule has 3 nitrogen and oxygen atoms in total. The van der Waals surface area contributed by atoms with Gasteiger partial charge in [0.2, 0.25) is 5.91 Å². The lowest BCUT2D eigenvalue weighted by molar-refractivity contribution is -0.126. The molecule has 3 heteroatoms. The number of hydrogen-bond donors (Lipinski definition) is 2. The summed E-state index contributed by atoms with van der Waals surface area (Å²) in [7, 11) is 0. The fourth-order valence-corrected chi connectivity index (χ4v) is 3.32. The van der Waals surface area contributed by atoms with Crippen LogP contribution >= 0.6 is 0 Å². The molecule has 1 amide bonds.